The average Bonchev–Trinajstić information content (AvgIpc) is 3.01. The van der Waals surface area contributed by atoms with Gasteiger partial charge in [-0.25, -0.2) is 4.39 Å². The molecule has 1 aliphatic rings. The highest BCUT2D eigenvalue weighted by Gasteiger charge is 2.43. The van der Waals surface area contributed by atoms with Crippen molar-refractivity contribution in [3.05, 3.63) is 28.5 Å². The fourth-order valence-corrected chi connectivity index (χ4v) is 1.88. The fraction of sp³-hybridized carbons (Fsp3) is 0.417. The van der Waals surface area contributed by atoms with Gasteiger partial charge in [-0.15, -0.1) is 0 Å². The number of hydrogen-bond donors (Lipinski definition) is 0. The van der Waals surface area contributed by atoms with Gasteiger partial charge in [0, 0.05) is 16.3 Å². The molecule has 0 N–H and O–H groups in total. The maximum absolute atomic E-state index is 13.3. The second kappa shape index (κ2) is 4.42. The molecule has 0 spiro atoms. The van der Waals surface area contributed by atoms with Crippen molar-refractivity contribution in [1.82, 2.24) is 0 Å². The summed E-state index contributed by atoms with van der Waals surface area (Å²) in [5.41, 5.74) is -0.0243. The zero-order valence-electron chi connectivity index (χ0n) is 8.67. The summed E-state index contributed by atoms with van der Waals surface area (Å²) in [7, 11) is 0. The number of halogens is 2. The third kappa shape index (κ3) is 2.53. The molecule has 0 atom stereocenters. The van der Waals surface area contributed by atoms with Crippen LogP contribution < -0.4 is 4.74 Å². The summed E-state index contributed by atoms with van der Waals surface area (Å²) in [5.74, 6) is -0.116. The molecule has 0 amide bonds. The molecule has 2 nitrogen and oxygen atoms in total. The highest BCUT2D eigenvalue weighted by atomic mass is 79.9. The van der Waals surface area contributed by atoms with Crippen molar-refractivity contribution in [3.63, 3.8) is 0 Å². The fourth-order valence-electron chi connectivity index (χ4n) is 1.54. The van der Waals surface area contributed by atoms with Gasteiger partial charge < -0.3 is 4.74 Å². The van der Waals surface area contributed by atoms with Crippen molar-refractivity contribution in [2.45, 2.75) is 19.3 Å². The Kier molecular flexibility index (Phi) is 3.15. The zero-order valence-corrected chi connectivity index (χ0v) is 10.3. The van der Waals surface area contributed by atoms with E-state index >= 15 is 0 Å². The third-order valence-corrected chi connectivity index (χ3v) is 3.33. The summed E-state index contributed by atoms with van der Waals surface area (Å²) in [6, 6.07) is 6.75. The van der Waals surface area contributed by atoms with Crippen molar-refractivity contribution in [3.8, 4) is 11.8 Å². The molecule has 0 heterocycles. The minimum absolute atomic E-state index is 0.0243. The Hall–Kier alpha value is -1.08. The predicted molar refractivity (Wildman–Crippen MR) is 61.5 cm³/mol. The number of nitrogens with zero attached hydrogens (tertiary/aromatic N) is 1. The smallest absolute Gasteiger partial charge is 0.165 e. The summed E-state index contributed by atoms with van der Waals surface area (Å²) in [4.78, 5) is 0. The molecule has 1 aromatic rings. The van der Waals surface area contributed by atoms with Crippen LogP contribution in [0.5, 0.6) is 5.75 Å². The lowest BCUT2D eigenvalue weighted by Crippen LogP contribution is -2.13. The van der Waals surface area contributed by atoms with E-state index in [-0.39, 0.29) is 17.0 Å². The van der Waals surface area contributed by atoms with Gasteiger partial charge in [0.2, 0.25) is 0 Å². The van der Waals surface area contributed by atoms with Crippen molar-refractivity contribution in [1.29, 1.82) is 5.26 Å². The summed E-state index contributed by atoms with van der Waals surface area (Å²) in [6.07, 6.45) is 2.48. The molecule has 1 aromatic carbocycles. The van der Waals surface area contributed by atoms with E-state index in [1.165, 1.54) is 6.07 Å². The molecular weight excluding hydrogens is 273 g/mol. The Morgan fingerprint density at radius 3 is 2.88 bits per heavy atom. The number of nitriles is 1. The van der Waals surface area contributed by atoms with Gasteiger partial charge >= 0.3 is 0 Å². The van der Waals surface area contributed by atoms with E-state index in [0.29, 0.717) is 13.0 Å². The van der Waals surface area contributed by atoms with E-state index in [9.17, 15) is 4.39 Å². The maximum atomic E-state index is 13.3. The summed E-state index contributed by atoms with van der Waals surface area (Å²) < 4.78 is 19.6. The van der Waals surface area contributed by atoms with E-state index in [1.54, 1.807) is 12.1 Å². The van der Waals surface area contributed by atoms with Gasteiger partial charge in [0.1, 0.15) is 0 Å². The molecule has 84 valence electrons. The van der Waals surface area contributed by atoms with Crippen molar-refractivity contribution < 1.29 is 9.13 Å². The Morgan fingerprint density at radius 1 is 1.50 bits per heavy atom. The van der Waals surface area contributed by atoms with Gasteiger partial charge in [0.15, 0.2) is 11.6 Å². The molecule has 4 heteroatoms. The van der Waals surface area contributed by atoms with Gasteiger partial charge in [-0.2, -0.15) is 5.26 Å². The highest BCUT2D eigenvalue weighted by Crippen LogP contribution is 2.48. The van der Waals surface area contributed by atoms with E-state index in [1.807, 2.05) is 0 Å². The summed E-state index contributed by atoms with van der Waals surface area (Å²) in [5, 5.41) is 8.65. The molecule has 1 fully saturated rings. The first-order chi connectivity index (χ1) is 7.65. The number of benzene rings is 1. The highest BCUT2D eigenvalue weighted by molar-refractivity contribution is 9.10. The topological polar surface area (TPSA) is 33.0 Å². The van der Waals surface area contributed by atoms with Crippen LogP contribution >= 0.6 is 15.9 Å². The monoisotopic (exact) mass is 283 g/mol. The number of rotatable bonds is 4. The molecule has 1 saturated carbocycles. The van der Waals surface area contributed by atoms with Crippen molar-refractivity contribution in [2.24, 2.45) is 5.41 Å². The average molecular weight is 284 g/mol. The molecule has 0 aliphatic heterocycles. The second-order valence-electron chi connectivity index (χ2n) is 4.20. The molecule has 1 aliphatic carbocycles. The van der Waals surface area contributed by atoms with E-state index in [4.69, 9.17) is 10.00 Å². The predicted octanol–water partition coefficient (Wildman–Crippen LogP) is 3.66. The minimum Gasteiger partial charge on any atom is -0.490 e. The van der Waals surface area contributed by atoms with Crippen LogP contribution in [0, 0.1) is 22.6 Å². The lowest BCUT2D eigenvalue weighted by atomic mass is 10.1. The molecule has 0 bridgehead atoms. The van der Waals surface area contributed by atoms with Crippen LogP contribution in [0.3, 0.4) is 0 Å². The minimum atomic E-state index is -0.365. The van der Waals surface area contributed by atoms with E-state index < -0.39 is 0 Å². The molecule has 0 radical (unpaired) electrons. The lowest BCUT2D eigenvalue weighted by molar-refractivity contribution is 0.227. The quantitative estimate of drug-likeness (QED) is 0.845. The van der Waals surface area contributed by atoms with Crippen LogP contribution in [-0.2, 0) is 0 Å². The van der Waals surface area contributed by atoms with Gasteiger partial charge in [0.25, 0.3) is 0 Å². The first kappa shape index (κ1) is 11.4. The first-order valence-electron chi connectivity index (χ1n) is 5.10. The van der Waals surface area contributed by atoms with Gasteiger partial charge in [0.05, 0.1) is 12.7 Å². The van der Waals surface area contributed by atoms with Crippen LogP contribution in [0.25, 0.3) is 0 Å². The van der Waals surface area contributed by atoms with Crippen LogP contribution in [-0.4, -0.2) is 6.61 Å². The maximum Gasteiger partial charge on any atom is 0.165 e. The summed E-state index contributed by atoms with van der Waals surface area (Å²) in [6.45, 7) is 0.425. The molecular formula is C12H11BrFNO. The SMILES string of the molecule is N#CCC1(COc2cc(Br)ccc2F)CC1. The van der Waals surface area contributed by atoms with Crippen LogP contribution in [0.4, 0.5) is 4.39 Å². The van der Waals surface area contributed by atoms with Gasteiger partial charge in [-0.05, 0) is 31.0 Å². The van der Waals surface area contributed by atoms with Crippen molar-refractivity contribution in [2.75, 3.05) is 6.61 Å². The molecule has 0 unspecified atom stereocenters. The van der Waals surface area contributed by atoms with Gasteiger partial charge in [-0.3, -0.25) is 0 Å². The third-order valence-electron chi connectivity index (χ3n) is 2.84. The number of ether oxygens (including phenoxy) is 1. The lowest BCUT2D eigenvalue weighted by Gasteiger charge is -2.13. The van der Waals surface area contributed by atoms with Crippen LogP contribution in [0.2, 0.25) is 0 Å². The molecule has 16 heavy (non-hydrogen) atoms. The Morgan fingerprint density at radius 2 is 2.25 bits per heavy atom. The molecule has 0 aromatic heterocycles. The van der Waals surface area contributed by atoms with Gasteiger partial charge in [-0.1, -0.05) is 15.9 Å². The Labute approximate surface area is 102 Å². The van der Waals surface area contributed by atoms with E-state index in [2.05, 4.69) is 22.0 Å². The van der Waals surface area contributed by atoms with Crippen LogP contribution in [0.1, 0.15) is 19.3 Å². The first-order valence-corrected chi connectivity index (χ1v) is 5.89. The van der Waals surface area contributed by atoms with E-state index in [0.717, 1.165) is 17.3 Å². The zero-order chi connectivity index (χ0) is 11.6. The molecule has 0 saturated heterocycles. The summed E-state index contributed by atoms with van der Waals surface area (Å²) >= 11 is 3.26. The Bertz CT molecular complexity index is 437. The second-order valence-corrected chi connectivity index (χ2v) is 5.11. The number of hydrogen-bond acceptors (Lipinski definition) is 2. The standard InChI is InChI=1S/C12H11BrFNO/c13-9-1-2-10(14)11(7-9)16-8-12(3-4-12)5-6-15/h1-2,7H,3-5,8H2. The largest absolute Gasteiger partial charge is 0.490 e. The van der Waals surface area contributed by atoms with Crippen LogP contribution in [0.15, 0.2) is 22.7 Å². The Balaban J connectivity index is 2.00. The normalized spacial score (nSPS) is 16.6. The molecule has 2 rings (SSSR count). The van der Waals surface area contributed by atoms with Crippen molar-refractivity contribution >= 4 is 15.9 Å².